The largest absolute Gasteiger partial charge is 0.440 e. The fourth-order valence-corrected chi connectivity index (χ4v) is 2.45. The van der Waals surface area contributed by atoms with E-state index in [1.54, 1.807) is 11.0 Å². The summed E-state index contributed by atoms with van der Waals surface area (Å²) in [6, 6.07) is 10.4. The topological polar surface area (TPSA) is 66.0 Å². The second-order valence-electron chi connectivity index (χ2n) is 4.37. The maximum Gasteiger partial charge on any atom is 0.294 e. The summed E-state index contributed by atoms with van der Waals surface area (Å²) in [5.74, 6) is -0.0736. The van der Waals surface area contributed by atoms with E-state index in [0.717, 1.165) is 5.56 Å². The minimum absolute atomic E-state index is 0.177. The highest BCUT2D eigenvalue weighted by Crippen LogP contribution is 2.29. The van der Waals surface area contributed by atoms with E-state index in [2.05, 4.69) is 5.16 Å². The van der Waals surface area contributed by atoms with Crippen LogP contribution in [0.4, 0.5) is 5.69 Å². The van der Waals surface area contributed by atoms with Crippen LogP contribution in [0.5, 0.6) is 0 Å². The lowest BCUT2D eigenvalue weighted by Crippen LogP contribution is -2.37. The highest BCUT2D eigenvalue weighted by atomic mass is 35.5. The smallest absolute Gasteiger partial charge is 0.294 e. The Balaban J connectivity index is 2.02. The Hall–Kier alpha value is -2.27. The van der Waals surface area contributed by atoms with Crippen LogP contribution in [0, 0.1) is 0 Å². The summed E-state index contributed by atoms with van der Waals surface area (Å²) < 4.78 is 5.16. The van der Waals surface area contributed by atoms with Gasteiger partial charge in [-0.1, -0.05) is 23.4 Å². The molecule has 5 nitrogen and oxygen atoms in total. The Labute approximate surface area is 120 Å². The van der Waals surface area contributed by atoms with Gasteiger partial charge in [-0.2, -0.15) is 0 Å². The Kier molecular flexibility index (Phi) is 3.20. The molecule has 2 aromatic rings. The van der Waals surface area contributed by atoms with Gasteiger partial charge in [-0.3, -0.25) is 4.79 Å². The number of anilines is 1. The van der Waals surface area contributed by atoms with Crippen LogP contribution in [-0.4, -0.2) is 23.4 Å². The van der Waals surface area contributed by atoms with Crippen LogP contribution >= 0.6 is 11.6 Å². The summed E-state index contributed by atoms with van der Waals surface area (Å²) in [4.78, 5) is 14.0. The van der Waals surface area contributed by atoms with E-state index >= 15 is 0 Å². The molecule has 2 heterocycles. The molecule has 0 saturated heterocycles. The van der Waals surface area contributed by atoms with Crippen molar-refractivity contribution in [3.05, 3.63) is 52.9 Å². The summed E-state index contributed by atoms with van der Waals surface area (Å²) in [7, 11) is 0. The van der Waals surface area contributed by atoms with Crippen LogP contribution in [0.1, 0.15) is 22.5 Å². The average molecular weight is 291 g/mol. The Morgan fingerprint density at radius 3 is 2.80 bits per heavy atom. The molecule has 0 saturated carbocycles. The molecule has 0 bridgehead atoms. The number of furan rings is 1. The van der Waals surface area contributed by atoms with Crippen molar-refractivity contribution in [1.29, 1.82) is 0 Å². The van der Waals surface area contributed by atoms with Crippen LogP contribution in [0.15, 0.2) is 46.0 Å². The molecule has 0 atom stereocenters. The van der Waals surface area contributed by atoms with Gasteiger partial charge in [-0.05, 0) is 29.8 Å². The first-order valence-corrected chi connectivity index (χ1v) is 6.46. The second-order valence-corrected chi connectivity index (χ2v) is 4.75. The van der Waals surface area contributed by atoms with Gasteiger partial charge in [-0.15, -0.1) is 0 Å². The van der Waals surface area contributed by atoms with Gasteiger partial charge in [0, 0.05) is 18.5 Å². The third-order valence-corrected chi connectivity index (χ3v) is 3.43. The third-order valence-electron chi connectivity index (χ3n) is 3.23. The van der Waals surface area contributed by atoms with Crippen molar-refractivity contribution in [2.24, 2.45) is 5.16 Å². The molecule has 1 amide bonds. The molecule has 1 aromatic carbocycles. The molecule has 1 aliphatic heterocycles. The maximum atomic E-state index is 12.4. The fraction of sp³-hybridized carbons (Fsp3) is 0.143. The van der Waals surface area contributed by atoms with E-state index in [4.69, 9.17) is 21.2 Å². The summed E-state index contributed by atoms with van der Waals surface area (Å²) in [6.07, 6.45) is 0.480. The van der Waals surface area contributed by atoms with Gasteiger partial charge in [0.25, 0.3) is 5.91 Å². The van der Waals surface area contributed by atoms with Crippen molar-refractivity contribution in [1.82, 2.24) is 0 Å². The third kappa shape index (κ3) is 2.06. The zero-order valence-corrected chi connectivity index (χ0v) is 11.2. The number of halogens is 1. The SMILES string of the molecule is O=C(c1ccc(Cl)o1)N1CC/C(=N/O)c2ccccc21. The van der Waals surface area contributed by atoms with Crippen molar-refractivity contribution < 1.29 is 14.4 Å². The van der Waals surface area contributed by atoms with Crippen LogP contribution in [-0.2, 0) is 0 Å². The van der Waals surface area contributed by atoms with Crippen molar-refractivity contribution in [2.45, 2.75) is 6.42 Å². The molecule has 1 aromatic heterocycles. The molecule has 1 aliphatic rings. The number of para-hydroxylation sites is 1. The van der Waals surface area contributed by atoms with Crippen molar-refractivity contribution in [3.63, 3.8) is 0 Å². The predicted molar refractivity (Wildman–Crippen MR) is 74.8 cm³/mol. The minimum atomic E-state index is -0.263. The number of benzene rings is 1. The van der Waals surface area contributed by atoms with Crippen LogP contribution < -0.4 is 4.90 Å². The van der Waals surface area contributed by atoms with Gasteiger partial charge in [0.2, 0.25) is 0 Å². The molecule has 0 fully saturated rings. The summed E-state index contributed by atoms with van der Waals surface area (Å²) >= 11 is 5.70. The summed E-state index contributed by atoms with van der Waals surface area (Å²) in [5.41, 5.74) is 2.01. The summed E-state index contributed by atoms with van der Waals surface area (Å²) in [6.45, 7) is 0.424. The molecule has 3 rings (SSSR count). The molecule has 0 radical (unpaired) electrons. The van der Waals surface area contributed by atoms with Gasteiger partial charge >= 0.3 is 0 Å². The van der Waals surface area contributed by atoms with E-state index in [1.807, 2.05) is 24.3 Å². The van der Waals surface area contributed by atoms with Crippen LogP contribution in [0.3, 0.4) is 0 Å². The van der Waals surface area contributed by atoms with Crippen molar-refractivity contribution in [2.75, 3.05) is 11.4 Å². The number of fused-ring (bicyclic) bond motifs is 1. The number of hydrogen-bond donors (Lipinski definition) is 1. The van der Waals surface area contributed by atoms with Gasteiger partial charge in [-0.25, -0.2) is 0 Å². The first kappa shape index (κ1) is 12.7. The number of oxime groups is 1. The van der Waals surface area contributed by atoms with E-state index < -0.39 is 0 Å². The highest BCUT2D eigenvalue weighted by Gasteiger charge is 2.28. The van der Waals surface area contributed by atoms with Crippen LogP contribution in [0.25, 0.3) is 0 Å². The van der Waals surface area contributed by atoms with Gasteiger partial charge in [0.1, 0.15) is 0 Å². The molecule has 6 heteroatoms. The Morgan fingerprint density at radius 1 is 1.30 bits per heavy atom. The minimum Gasteiger partial charge on any atom is -0.440 e. The number of hydrogen-bond acceptors (Lipinski definition) is 4. The zero-order valence-electron chi connectivity index (χ0n) is 10.4. The summed E-state index contributed by atoms with van der Waals surface area (Å²) in [5, 5.41) is 12.5. The Bertz CT molecular complexity index is 693. The normalized spacial score (nSPS) is 16.2. The number of rotatable bonds is 1. The van der Waals surface area contributed by atoms with E-state index in [0.29, 0.717) is 24.4 Å². The fourth-order valence-electron chi connectivity index (χ4n) is 2.30. The molecule has 1 N–H and O–H groups in total. The lowest BCUT2D eigenvalue weighted by molar-refractivity contribution is 0.0960. The molecule has 0 aliphatic carbocycles. The first-order chi connectivity index (χ1) is 9.70. The van der Waals surface area contributed by atoms with Crippen LogP contribution in [0.2, 0.25) is 5.22 Å². The van der Waals surface area contributed by atoms with Gasteiger partial charge < -0.3 is 14.5 Å². The van der Waals surface area contributed by atoms with E-state index in [1.165, 1.54) is 6.07 Å². The number of nitrogens with zero attached hydrogens (tertiary/aromatic N) is 2. The lowest BCUT2D eigenvalue weighted by atomic mass is 9.99. The molecular formula is C14H11ClN2O3. The molecule has 0 unspecified atom stereocenters. The quantitative estimate of drug-likeness (QED) is 0.648. The molecular weight excluding hydrogens is 280 g/mol. The highest BCUT2D eigenvalue weighted by molar-refractivity contribution is 6.29. The first-order valence-electron chi connectivity index (χ1n) is 6.08. The van der Waals surface area contributed by atoms with Gasteiger partial charge in [0.15, 0.2) is 11.0 Å². The zero-order chi connectivity index (χ0) is 14.1. The van der Waals surface area contributed by atoms with E-state index in [9.17, 15) is 4.79 Å². The molecule has 102 valence electrons. The number of amides is 1. The number of carbonyl (C=O) groups excluding carboxylic acids is 1. The van der Waals surface area contributed by atoms with Crippen molar-refractivity contribution in [3.8, 4) is 0 Å². The molecule has 0 spiro atoms. The number of carbonyl (C=O) groups is 1. The predicted octanol–water partition coefficient (Wildman–Crippen LogP) is 3.16. The second kappa shape index (κ2) is 5.02. The maximum absolute atomic E-state index is 12.4. The molecule has 20 heavy (non-hydrogen) atoms. The monoisotopic (exact) mass is 290 g/mol. The van der Waals surface area contributed by atoms with Gasteiger partial charge in [0.05, 0.1) is 11.4 Å². The van der Waals surface area contributed by atoms with E-state index in [-0.39, 0.29) is 16.9 Å². The Morgan fingerprint density at radius 2 is 2.10 bits per heavy atom. The standard InChI is InChI=1S/C14H11ClN2O3/c15-13-6-5-12(20-13)14(18)17-8-7-10(16-19)9-3-1-2-4-11(9)17/h1-6,19H,7-8H2/b16-10-. The van der Waals surface area contributed by atoms with Crippen molar-refractivity contribution >= 4 is 28.9 Å². The average Bonchev–Trinajstić information content (AvgIpc) is 2.92. The lowest BCUT2D eigenvalue weighted by Gasteiger charge is -2.29.